The van der Waals surface area contributed by atoms with Crippen LogP contribution in [-0.4, -0.2) is 56.7 Å². The highest BCUT2D eigenvalue weighted by atomic mass is 16.5. The number of hydrogen-bond acceptors (Lipinski definition) is 5. The van der Waals surface area contributed by atoms with E-state index in [0.717, 1.165) is 35.0 Å². The van der Waals surface area contributed by atoms with Gasteiger partial charge in [0.25, 0.3) is 5.91 Å². The van der Waals surface area contributed by atoms with Crippen LogP contribution < -0.4 is 4.74 Å². The quantitative estimate of drug-likeness (QED) is 0.686. The minimum Gasteiger partial charge on any atom is -0.473 e. The molecule has 1 unspecified atom stereocenters. The maximum absolute atomic E-state index is 12.9. The van der Waals surface area contributed by atoms with Gasteiger partial charge in [0.05, 0.1) is 31.6 Å². The minimum absolute atomic E-state index is 0.0257. The average molecular weight is 392 g/mol. The van der Waals surface area contributed by atoms with Gasteiger partial charge in [-0.05, 0) is 31.2 Å². The molecule has 0 saturated carbocycles. The highest BCUT2D eigenvalue weighted by Crippen LogP contribution is 2.36. The Balaban J connectivity index is 1.24. The molecule has 1 atom stereocenters. The molecule has 3 aromatic rings. The van der Waals surface area contributed by atoms with E-state index >= 15 is 0 Å². The van der Waals surface area contributed by atoms with Crippen molar-refractivity contribution < 1.29 is 14.3 Å². The SMILES string of the molecule is Cc1cncc(OC2CCOC3(C2)CN(C(=O)c2ccc4c(ccn4C)c2)C3)n1. The molecule has 150 valence electrons. The third-order valence-corrected chi connectivity index (χ3v) is 5.85. The van der Waals surface area contributed by atoms with Crippen LogP contribution in [0.25, 0.3) is 10.9 Å². The van der Waals surface area contributed by atoms with E-state index in [4.69, 9.17) is 9.47 Å². The van der Waals surface area contributed by atoms with Gasteiger partial charge in [0, 0.05) is 48.7 Å². The molecular weight excluding hydrogens is 368 g/mol. The fourth-order valence-corrected chi connectivity index (χ4v) is 4.36. The highest BCUT2D eigenvalue weighted by molar-refractivity contribution is 5.98. The van der Waals surface area contributed by atoms with Crippen molar-refractivity contribution in [2.75, 3.05) is 19.7 Å². The zero-order chi connectivity index (χ0) is 20.0. The molecule has 0 bridgehead atoms. The zero-order valence-electron chi connectivity index (χ0n) is 16.7. The molecule has 29 heavy (non-hydrogen) atoms. The number of benzene rings is 1. The number of nitrogens with zero attached hydrogens (tertiary/aromatic N) is 4. The first-order valence-corrected chi connectivity index (χ1v) is 9.95. The maximum Gasteiger partial charge on any atom is 0.254 e. The van der Waals surface area contributed by atoms with Gasteiger partial charge < -0.3 is 18.9 Å². The summed E-state index contributed by atoms with van der Waals surface area (Å²) in [6, 6.07) is 7.90. The van der Waals surface area contributed by atoms with Crippen LogP contribution in [0.2, 0.25) is 0 Å². The number of likely N-dealkylation sites (tertiary alicyclic amines) is 1. The Morgan fingerprint density at radius 1 is 1.28 bits per heavy atom. The van der Waals surface area contributed by atoms with Crippen LogP contribution in [0.1, 0.15) is 28.9 Å². The Kier molecular flexibility index (Phi) is 4.28. The topological polar surface area (TPSA) is 69.5 Å². The first kappa shape index (κ1) is 18.1. The standard InChI is InChI=1S/C22H24N4O3/c1-15-11-23-12-20(24-15)29-18-6-8-28-22(10-18)13-26(14-22)21(27)17-3-4-19-16(9-17)5-7-25(19)2/h3-5,7,9,11-12,18H,6,8,10,13-14H2,1-2H3. The third kappa shape index (κ3) is 3.35. The summed E-state index contributed by atoms with van der Waals surface area (Å²) in [7, 11) is 2.00. The van der Waals surface area contributed by atoms with Gasteiger partial charge in [-0.1, -0.05) is 0 Å². The Morgan fingerprint density at radius 3 is 2.97 bits per heavy atom. The second kappa shape index (κ2) is 6.84. The molecule has 1 amide bonds. The van der Waals surface area contributed by atoms with Crippen LogP contribution in [0.15, 0.2) is 42.9 Å². The van der Waals surface area contributed by atoms with Gasteiger partial charge in [-0.2, -0.15) is 0 Å². The summed E-state index contributed by atoms with van der Waals surface area (Å²) in [5.74, 6) is 0.605. The summed E-state index contributed by atoms with van der Waals surface area (Å²) in [6.07, 6.45) is 6.95. The fraction of sp³-hybridized carbons (Fsp3) is 0.409. The Labute approximate surface area is 169 Å². The van der Waals surface area contributed by atoms with Gasteiger partial charge in [-0.25, -0.2) is 4.98 Å². The third-order valence-electron chi connectivity index (χ3n) is 5.85. The number of aromatic nitrogens is 3. The Bertz CT molecular complexity index is 1070. The van der Waals surface area contributed by atoms with Crippen molar-refractivity contribution >= 4 is 16.8 Å². The summed E-state index contributed by atoms with van der Waals surface area (Å²) in [4.78, 5) is 23.3. The van der Waals surface area contributed by atoms with Crippen LogP contribution in [0.4, 0.5) is 0 Å². The van der Waals surface area contributed by atoms with E-state index in [1.807, 2.05) is 49.3 Å². The van der Waals surface area contributed by atoms with Crippen LogP contribution in [0, 0.1) is 6.92 Å². The molecule has 5 rings (SSSR count). The summed E-state index contributed by atoms with van der Waals surface area (Å²) in [5, 5.41) is 1.08. The maximum atomic E-state index is 12.9. The molecule has 1 aromatic carbocycles. The van der Waals surface area contributed by atoms with E-state index in [1.165, 1.54) is 0 Å². The van der Waals surface area contributed by atoms with E-state index in [-0.39, 0.29) is 17.6 Å². The van der Waals surface area contributed by atoms with Crippen molar-refractivity contribution in [2.45, 2.75) is 31.5 Å². The monoisotopic (exact) mass is 392 g/mol. The normalized spacial score (nSPS) is 20.6. The first-order valence-electron chi connectivity index (χ1n) is 9.95. The van der Waals surface area contributed by atoms with Crippen LogP contribution in [0.3, 0.4) is 0 Å². The molecule has 2 aliphatic heterocycles. The van der Waals surface area contributed by atoms with Crippen LogP contribution in [-0.2, 0) is 11.8 Å². The largest absolute Gasteiger partial charge is 0.473 e. The highest BCUT2D eigenvalue weighted by Gasteiger charge is 2.50. The lowest BCUT2D eigenvalue weighted by Gasteiger charge is -2.52. The number of fused-ring (bicyclic) bond motifs is 1. The van der Waals surface area contributed by atoms with Crippen molar-refractivity contribution in [3.8, 4) is 5.88 Å². The average Bonchev–Trinajstić information content (AvgIpc) is 3.06. The number of hydrogen-bond donors (Lipinski definition) is 0. The summed E-state index contributed by atoms with van der Waals surface area (Å²) in [5.41, 5.74) is 2.36. The Hall–Kier alpha value is -2.93. The van der Waals surface area contributed by atoms with Gasteiger partial charge in [0.1, 0.15) is 11.7 Å². The van der Waals surface area contributed by atoms with Crippen molar-refractivity contribution in [3.63, 3.8) is 0 Å². The molecule has 0 radical (unpaired) electrons. The van der Waals surface area contributed by atoms with E-state index in [1.54, 1.807) is 12.4 Å². The van der Waals surface area contributed by atoms with Crippen molar-refractivity contribution in [2.24, 2.45) is 7.05 Å². The molecule has 7 nitrogen and oxygen atoms in total. The van der Waals surface area contributed by atoms with Crippen molar-refractivity contribution in [1.29, 1.82) is 0 Å². The molecule has 2 aliphatic rings. The zero-order valence-corrected chi connectivity index (χ0v) is 16.7. The van der Waals surface area contributed by atoms with Crippen molar-refractivity contribution in [1.82, 2.24) is 19.4 Å². The first-order chi connectivity index (χ1) is 14.0. The van der Waals surface area contributed by atoms with Gasteiger partial charge in [-0.15, -0.1) is 0 Å². The minimum atomic E-state index is -0.313. The number of rotatable bonds is 3. The van der Waals surface area contributed by atoms with Crippen LogP contribution >= 0.6 is 0 Å². The number of carbonyl (C=O) groups is 1. The number of amides is 1. The molecule has 0 N–H and O–H groups in total. The molecule has 1 spiro atoms. The van der Waals surface area contributed by atoms with Gasteiger partial charge >= 0.3 is 0 Å². The number of aryl methyl sites for hydroxylation is 2. The molecule has 2 fully saturated rings. The van der Waals surface area contributed by atoms with E-state index in [2.05, 4.69) is 14.5 Å². The molecule has 2 saturated heterocycles. The molecule has 7 heteroatoms. The summed E-state index contributed by atoms with van der Waals surface area (Å²) < 4.78 is 14.2. The molecule has 2 aromatic heterocycles. The molecule has 0 aliphatic carbocycles. The summed E-state index contributed by atoms with van der Waals surface area (Å²) >= 11 is 0. The number of ether oxygens (including phenoxy) is 2. The van der Waals surface area contributed by atoms with E-state index in [0.29, 0.717) is 25.6 Å². The van der Waals surface area contributed by atoms with Crippen molar-refractivity contribution in [3.05, 3.63) is 54.1 Å². The fourth-order valence-electron chi connectivity index (χ4n) is 4.36. The molecular formula is C22H24N4O3. The second-order valence-corrected chi connectivity index (χ2v) is 8.12. The van der Waals surface area contributed by atoms with Gasteiger partial charge in [-0.3, -0.25) is 9.78 Å². The molecule has 4 heterocycles. The van der Waals surface area contributed by atoms with Crippen LogP contribution in [0.5, 0.6) is 5.88 Å². The smallest absolute Gasteiger partial charge is 0.254 e. The van der Waals surface area contributed by atoms with E-state index < -0.39 is 0 Å². The predicted molar refractivity (Wildman–Crippen MR) is 108 cm³/mol. The van der Waals surface area contributed by atoms with Gasteiger partial charge in [0.2, 0.25) is 5.88 Å². The lowest BCUT2D eigenvalue weighted by atomic mass is 9.84. The number of carbonyl (C=O) groups excluding carboxylic acids is 1. The lowest BCUT2D eigenvalue weighted by molar-refractivity contribution is -0.174. The van der Waals surface area contributed by atoms with Gasteiger partial charge in [0.15, 0.2) is 0 Å². The Morgan fingerprint density at radius 2 is 2.14 bits per heavy atom. The van der Waals surface area contributed by atoms with E-state index in [9.17, 15) is 4.79 Å². The summed E-state index contributed by atoms with van der Waals surface area (Å²) in [6.45, 7) is 3.71. The second-order valence-electron chi connectivity index (χ2n) is 8.12. The lowest BCUT2D eigenvalue weighted by Crippen LogP contribution is -2.67. The predicted octanol–water partition coefficient (Wildman–Crippen LogP) is 2.73.